The van der Waals surface area contributed by atoms with Crippen LogP contribution < -0.4 is 5.32 Å². The van der Waals surface area contributed by atoms with Crippen molar-refractivity contribution in [1.82, 2.24) is 5.16 Å². The van der Waals surface area contributed by atoms with E-state index >= 15 is 0 Å². The lowest BCUT2D eigenvalue weighted by Crippen LogP contribution is -2.10. The number of carbonyl (C=O) groups excluding carboxylic acids is 1. The standard InChI is InChI=1S/C14H18N2O2S/c1-4-6-11-10(5-2)8-12(19-11)14(17)15-13-7-9(3)18-16-13/h7-8H,4-6H2,1-3H3,(H,15,16,17). The van der Waals surface area contributed by atoms with E-state index in [4.69, 9.17) is 4.52 Å². The van der Waals surface area contributed by atoms with Crippen molar-refractivity contribution in [3.8, 4) is 0 Å². The number of amides is 1. The van der Waals surface area contributed by atoms with Crippen LogP contribution in [0.4, 0.5) is 5.82 Å². The summed E-state index contributed by atoms with van der Waals surface area (Å²) in [7, 11) is 0. The minimum absolute atomic E-state index is 0.115. The van der Waals surface area contributed by atoms with E-state index in [1.54, 1.807) is 24.3 Å². The maximum Gasteiger partial charge on any atom is 0.266 e. The van der Waals surface area contributed by atoms with Crippen LogP contribution >= 0.6 is 11.3 Å². The molecule has 5 heteroatoms. The molecule has 0 saturated heterocycles. The molecule has 0 aromatic carbocycles. The molecule has 2 rings (SSSR count). The number of thiophene rings is 1. The van der Waals surface area contributed by atoms with Gasteiger partial charge in [0.15, 0.2) is 5.82 Å². The Hall–Kier alpha value is -1.62. The van der Waals surface area contributed by atoms with Crippen molar-refractivity contribution < 1.29 is 9.32 Å². The predicted octanol–water partition coefficient (Wildman–Crippen LogP) is 3.81. The highest BCUT2D eigenvalue weighted by Crippen LogP contribution is 2.25. The number of hydrogen-bond donors (Lipinski definition) is 1. The van der Waals surface area contributed by atoms with E-state index < -0.39 is 0 Å². The number of nitrogens with one attached hydrogen (secondary N) is 1. The molecule has 2 heterocycles. The fourth-order valence-corrected chi connectivity index (χ4v) is 3.17. The van der Waals surface area contributed by atoms with Crippen molar-refractivity contribution in [3.63, 3.8) is 0 Å². The minimum Gasteiger partial charge on any atom is -0.360 e. The van der Waals surface area contributed by atoms with Gasteiger partial charge in [0.2, 0.25) is 0 Å². The number of carbonyl (C=O) groups is 1. The molecule has 0 bridgehead atoms. The predicted molar refractivity (Wildman–Crippen MR) is 76.9 cm³/mol. The number of rotatable bonds is 5. The first-order chi connectivity index (χ1) is 9.13. The van der Waals surface area contributed by atoms with Gasteiger partial charge in [-0.2, -0.15) is 0 Å². The molecule has 2 aromatic rings. The van der Waals surface area contributed by atoms with E-state index in [1.807, 2.05) is 6.07 Å². The van der Waals surface area contributed by atoms with Crippen LogP contribution in [0.25, 0.3) is 0 Å². The average Bonchev–Trinajstić information content (AvgIpc) is 2.96. The fourth-order valence-electron chi connectivity index (χ4n) is 1.92. The van der Waals surface area contributed by atoms with E-state index in [2.05, 4.69) is 24.3 Å². The third kappa shape index (κ3) is 3.23. The second-order valence-electron chi connectivity index (χ2n) is 4.44. The van der Waals surface area contributed by atoms with Gasteiger partial charge in [0.1, 0.15) is 5.76 Å². The van der Waals surface area contributed by atoms with Crippen LogP contribution in [0.15, 0.2) is 16.7 Å². The Bertz CT molecular complexity index is 572. The highest BCUT2D eigenvalue weighted by atomic mass is 32.1. The van der Waals surface area contributed by atoms with E-state index in [0.29, 0.717) is 11.6 Å². The highest BCUT2D eigenvalue weighted by Gasteiger charge is 2.14. The maximum absolute atomic E-state index is 12.1. The van der Waals surface area contributed by atoms with E-state index in [-0.39, 0.29) is 5.91 Å². The fraction of sp³-hybridized carbons (Fsp3) is 0.429. The van der Waals surface area contributed by atoms with E-state index in [0.717, 1.165) is 24.1 Å². The van der Waals surface area contributed by atoms with E-state index in [1.165, 1.54) is 10.4 Å². The first-order valence-electron chi connectivity index (χ1n) is 6.50. The van der Waals surface area contributed by atoms with Crippen LogP contribution in [0.3, 0.4) is 0 Å². The monoisotopic (exact) mass is 278 g/mol. The smallest absolute Gasteiger partial charge is 0.266 e. The number of nitrogens with zero attached hydrogens (tertiary/aromatic N) is 1. The molecule has 0 unspecified atom stereocenters. The Morgan fingerprint density at radius 1 is 1.42 bits per heavy atom. The van der Waals surface area contributed by atoms with Crippen molar-refractivity contribution in [2.75, 3.05) is 5.32 Å². The molecule has 1 amide bonds. The molecule has 2 aromatic heterocycles. The van der Waals surface area contributed by atoms with Gasteiger partial charge < -0.3 is 9.84 Å². The zero-order valence-corrected chi connectivity index (χ0v) is 12.3. The molecule has 4 nitrogen and oxygen atoms in total. The Balaban J connectivity index is 2.14. The number of hydrogen-bond acceptors (Lipinski definition) is 4. The molecular weight excluding hydrogens is 260 g/mol. The summed E-state index contributed by atoms with van der Waals surface area (Å²) < 4.78 is 4.93. The Morgan fingerprint density at radius 3 is 2.79 bits per heavy atom. The maximum atomic E-state index is 12.1. The van der Waals surface area contributed by atoms with Crippen LogP contribution in [-0.2, 0) is 12.8 Å². The highest BCUT2D eigenvalue weighted by molar-refractivity contribution is 7.14. The summed E-state index contributed by atoms with van der Waals surface area (Å²) in [6.07, 6.45) is 3.09. The first-order valence-corrected chi connectivity index (χ1v) is 7.32. The van der Waals surface area contributed by atoms with Crippen molar-refractivity contribution in [3.05, 3.63) is 33.2 Å². The summed E-state index contributed by atoms with van der Waals surface area (Å²) in [4.78, 5) is 14.2. The quantitative estimate of drug-likeness (QED) is 0.904. The van der Waals surface area contributed by atoms with Gasteiger partial charge in [-0.25, -0.2) is 0 Å². The lowest BCUT2D eigenvalue weighted by Gasteiger charge is -1.97. The van der Waals surface area contributed by atoms with Crippen molar-refractivity contribution in [2.24, 2.45) is 0 Å². The van der Waals surface area contributed by atoms with E-state index in [9.17, 15) is 4.79 Å². The van der Waals surface area contributed by atoms with Gasteiger partial charge in [0, 0.05) is 10.9 Å². The summed E-state index contributed by atoms with van der Waals surface area (Å²) >= 11 is 1.57. The SMILES string of the molecule is CCCc1sc(C(=O)Nc2cc(C)on2)cc1CC. The molecule has 0 aliphatic heterocycles. The number of aromatic nitrogens is 1. The Labute approximate surface area is 116 Å². The van der Waals surface area contributed by atoms with Gasteiger partial charge in [0.25, 0.3) is 5.91 Å². The van der Waals surface area contributed by atoms with Crippen molar-refractivity contribution in [1.29, 1.82) is 0 Å². The zero-order chi connectivity index (χ0) is 13.8. The second kappa shape index (κ2) is 6.02. The van der Waals surface area contributed by atoms with Gasteiger partial charge in [0.05, 0.1) is 4.88 Å². The Morgan fingerprint density at radius 2 is 2.21 bits per heavy atom. The zero-order valence-electron chi connectivity index (χ0n) is 11.4. The van der Waals surface area contributed by atoms with Gasteiger partial charge >= 0.3 is 0 Å². The molecule has 0 aliphatic carbocycles. The molecule has 1 N–H and O–H groups in total. The van der Waals surface area contributed by atoms with Crippen molar-refractivity contribution in [2.45, 2.75) is 40.0 Å². The largest absolute Gasteiger partial charge is 0.360 e. The third-order valence-electron chi connectivity index (χ3n) is 2.85. The molecule has 102 valence electrons. The topological polar surface area (TPSA) is 55.1 Å². The van der Waals surface area contributed by atoms with Gasteiger partial charge in [-0.05, 0) is 31.4 Å². The summed E-state index contributed by atoms with van der Waals surface area (Å²) in [5.41, 5.74) is 1.27. The molecule has 0 atom stereocenters. The van der Waals surface area contributed by atoms with Crippen LogP contribution in [0.5, 0.6) is 0 Å². The lowest BCUT2D eigenvalue weighted by molar-refractivity contribution is 0.102. The van der Waals surface area contributed by atoms with Crippen LogP contribution in [0.2, 0.25) is 0 Å². The van der Waals surface area contributed by atoms with Gasteiger partial charge in [-0.1, -0.05) is 25.4 Å². The molecule has 0 spiro atoms. The third-order valence-corrected chi connectivity index (χ3v) is 4.08. The van der Waals surface area contributed by atoms with Crippen LogP contribution in [-0.4, -0.2) is 11.1 Å². The molecular formula is C14H18N2O2S. The minimum atomic E-state index is -0.115. The molecule has 0 radical (unpaired) electrons. The van der Waals surface area contributed by atoms with Crippen LogP contribution in [0.1, 0.15) is 46.1 Å². The first kappa shape index (κ1) is 13.8. The second-order valence-corrected chi connectivity index (χ2v) is 5.58. The molecule has 0 saturated carbocycles. The normalized spacial score (nSPS) is 10.7. The number of aryl methyl sites for hydroxylation is 3. The lowest BCUT2D eigenvalue weighted by atomic mass is 10.1. The molecule has 0 aliphatic rings. The molecule has 19 heavy (non-hydrogen) atoms. The Kier molecular flexibility index (Phi) is 4.37. The van der Waals surface area contributed by atoms with Crippen LogP contribution in [0, 0.1) is 6.92 Å². The summed E-state index contributed by atoms with van der Waals surface area (Å²) in [5, 5.41) is 6.52. The molecule has 0 fully saturated rings. The van der Waals surface area contributed by atoms with Crippen molar-refractivity contribution >= 4 is 23.1 Å². The van der Waals surface area contributed by atoms with Gasteiger partial charge in [-0.3, -0.25) is 4.79 Å². The average molecular weight is 278 g/mol. The summed E-state index contributed by atoms with van der Waals surface area (Å²) in [6.45, 7) is 6.06. The summed E-state index contributed by atoms with van der Waals surface area (Å²) in [6, 6.07) is 3.69. The summed E-state index contributed by atoms with van der Waals surface area (Å²) in [5.74, 6) is 1.03. The van der Waals surface area contributed by atoms with Gasteiger partial charge in [-0.15, -0.1) is 11.3 Å². The number of anilines is 1.